The summed E-state index contributed by atoms with van der Waals surface area (Å²) in [5.74, 6) is -0.419. The summed E-state index contributed by atoms with van der Waals surface area (Å²) in [5.41, 5.74) is 2.88. The van der Waals surface area contributed by atoms with Crippen LogP contribution in [0.3, 0.4) is 0 Å². The largest absolute Gasteiger partial charge is 0.489 e. The number of alkyl halides is 1. The number of hydrogen-bond donors (Lipinski definition) is 2. The number of ether oxygens (including phenoxy) is 2. The standard InChI is InChI=1S/C32H29F3N4O3/c1-21(40)39-10-9-37-18-24-5-7-27(13-32(24)42-19-23-11-22(15-36)16-38-17-23)41-20-25-3-2-4-28(30(25)14-33)29-12-26(34)6-8-31(29)35/h2-8,11-13,16-17,37H,9-10,14,18-20H2,1H3,(H,39,40). The lowest BCUT2D eigenvalue weighted by Crippen LogP contribution is -2.30. The predicted octanol–water partition coefficient (Wildman–Crippen LogP) is 5.75. The number of amides is 1. The molecule has 0 atom stereocenters. The third-order valence-corrected chi connectivity index (χ3v) is 6.37. The van der Waals surface area contributed by atoms with Gasteiger partial charge < -0.3 is 20.1 Å². The first-order chi connectivity index (χ1) is 20.4. The van der Waals surface area contributed by atoms with Crippen molar-refractivity contribution >= 4 is 5.91 Å². The maximum absolute atomic E-state index is 14.5. The van der Waals surface area contributed by atoms with E-state index in [-0.39, 0.29) is 35.8 Å². The van der Waals surface area contributed by atoms with E-state index >= 15 is 0 Å². The van der Waals surface area contributed by atoms with Crippen molar-refractivity contribution in [3.8, 4) is 28.7 Å². The number of pyridine rings is 1. The fraction of sp³-hybridized carbons (Fsp3) is 0.219. The van der Waals surface area contributed by atoms with E-state index in [0.717, 1.165) is 23.8 Å². The van der Waals surface area contributed by atoms with E-state index in [1.54, 1.807) is 42.6 Å². The average molecular weight is 575 g/mol. The van der Waals surface area contributed by atoms with E-state index < -0.39 is 18.3 Å². The van der Waals surface area contributed by atoms with Gasteiger partial charge in [-0.1, -0.05) is 24.3 Å². The van der Waals surface area contributed by atoms with E-state index in [2.05, 4.69) is 21.7 Å². The fourth-order valence-electron chi connectivity index (χ4n) is 4.29. The Hall–Kier alpha value is -4.88. The summed E-state index contributed by atoms with van der Waals surface area (Å²) in [6.07, 6.45) is 3.07. The van der Waals surface area contributed by atoms with Gasteiger partial charge in [-0.25, -0.2) is 13.2 Å². The maximum atomic E-state index is 14.5. The summed E-state index contributed by atoms with van der Waals surface area (Å²) in [7, 11) is 0. The minimum atomic E-state index is -0.891. The molecule has 0 fully saturated rings. The van der Waals surface area contributed by atoms with Gasteiger partial charge >= 0.3 is 0 Å². The lowest BCUT2D eigenvalue weighted by Gasteiger charge is -2.17. The molecule has 0 radical (unpaired) electrons. The highest BCUT2D eigenvalue weighted by Crippen LogP contribution is 2.32. The van der Waals surface area contributed by atoms with Crippen LogP contribution < -0.4 is 20.1 Å². The second kappa shape index (κ2) is 14.7. The van der Waals surface area contributed by atoms with E-state index in [1.807, 2.05) is 6.07 Å². The second-order valence-electron chi connectivity index (χ2n) is 9.40. The molecule has 1 aromatic heterocycles. The Morgan fingerprint density at radius 1 is 0.952 bits per heavy atom. The molecule has 3 aromatic carbocycles. The quantitative estimate of drug-likeness (QED) is 0.198. The van der Waals surface area contributed by atoms with Crippen LogP contribution >= 0.6 is 0 Å². The number of nitriles is 1. The van der Waals surface area contributed by atoms with Gasteiger partial charge in [0.1, 0.15) is 49.1 Å². The fourth-order valence-corrected chi connectivity index (χ4v) is 4.29. The summed E-state index contributed by atoms with van der Waals surface area (Å²) < 4.78 is 54.6. The summed E-state index contributed by atoms with van der Waals surface area (Å²) in [6, 6.07) is 17.0. The number of rotatable bonds is 13. The molecular formula is C32H29F3N4O3. The number of halogens is 3. The zero-order chi connectivity index (χ0) is 29.9. The summed E-state index contributed by atoms with van der Waals surface area (Å²) in [4.78, 5) is 15.2. The number of benzene rings is 3. The normalized spacial score (nSPS) is 10.6. The lowest BCUT2D eigenvalue weighted by molar-refractivity contribution is -0.118. The monoisotopic (exact) mass is 574 g/mol. The topological polar surface area (TPSA) is 96.3 Å². The third kappa shape index (κ3) is 8.08. The SMILES string of the molecule is CC(=O)NCCNCc1ccc(OCc2cccc(-c3cc(F)ccc3F)c2CF)cc1OCc1cncc(C#N)c1. The molecule has 0 aliphatic rings. The van der Waals surface area contributed by atoms with E-state index in [9.17, 15) is 18.0 Å². The summed E-state index contributed by atoms with van der Waals surface area (Å²) >= 11 is 0. The molecule has 4 rings (SSSR count). The van der Waals surface area contributed by atoms with Gasteiger partial charge in [-0.15, -0.1) is 0 Å². The first-order valence-corrected chi connectivity index (χ1v) is 13.2. The molecule has 0 unspecified atom stereocenters. The molecule has 216 valence electrons. The number of aromatic nitrogens is 1. The summed E-state index contributed by atoms with van der Waals surface area (Å²) in [5, 5.41) is 15.1. The van der Waals surface area contributed by atoms with Gasteiger partial charge in [0.05, 0.1) is 5.56 Å². The number of carbonyl (C=O) groups is 1. The second-order valence-corrected chi connectivity index (χ2v) is 9.40. The molecule has 0 aliphatic carbocycles. The van der Waals surface area contributed by atoms with Crippen molar-refractivity contribution in [3.05, 3.63) is 113 Å². The van der Waals surface area contributed by atoms with Crippen LogP contribution in [0.15, 0.2) is 73.1 Å². The van der Waals surface area contributed by atoms with Gasteiger partial charge in [0, 0.05) is 61.7 Å². The van der Waals surface area contributed by atoms with Crippen LogP contribution in [0.1, 0.15) is 34.7 Å². The van der Waals surface area contributed by atoms with Crippen molar-refractivity contribution in [1.82, 2.24) is 15.6 Å². The Kier molecular flexibility index (Phi) is 10.5. The molecule has 0 saturated carbocycles. The van der Waals surface area contributed by atoms with Crippen LogP contribution in [-0.2, 0) is 31.2 Å². The lowest BCUT2D eigenvalue weighted by atomic mass is 9.96. The molecule has 1 amide bonds. The molecule has 42 heavy (non-hydrogen) atoms. The Labute approximate surface area is 241 Å². The smallest absolute Gasteiger partial charge is 0.216 e. The predicted molar refractivity (Wildman–Crippen MR) is 151 cm³/mol. The van der Waals surface area contributed by atoms with Crippen molar-refractivity contribution in [2.75, 3.05) is 13.1 Å². The molecule has 10 heteroatoms. The Morgan fingerprint density at radius 2 is 1.81 bits per heavy atom. The molecule has 4 aromatic rings. The van der Waals surface area contributed by atoms with Gasteiger partial charge in [0.15, 0.2) is 0 Å². The number of nitrogens with one attached hydrogen (secondary N) is 2. The highest BCUT2D eigenvalue weighted by Gasteiger charge is 2.15. The first kappa shape index (κ1) is 30.1. The Morgan fingerprint density at radius 3 is 2.60 bits per heavy atom. The minimum Gasteiger partial charge on any atom is -0.489 e. The van der Waals surface area contributed by atoms with Gasteiger partial charge in [-0.05, 0) is 47.0 Å². The van der Waals surface area contributed by atoms with E-state index in [4.69, 9.17) is 14.7 Å². The van der Waals surface area contributed by atoms with Gasteiger partial charge in [0.2, 0.25) is 5.91 Å². The average Bonchev–Trinajstić information content (AvgIpc) is 3.00. The van der Waals surface area contributed by atoms with Crippen molar-refractivity contribution in [2.45, 2.75) is 33.4 Å². The van der Waals surface area contributed by atoms with Crippen molar-refractivity contribution in [2.24, 2.45) is 0 Å². The Bertz CT molecular complexity index is 1590. The molecule has 0 aliphatic heterocycles. The van der Waals surface area contributed by atoms with Crippen LogP contribution in [0.25, 0.3) is 11.1 Å². The van der Waals surface area contributed by atoms with Crippen LogP contribution in [0.2, 0.25) is 0 Å². The molecule has 7 nitrogen and oxygen atoms in total. The molecule has 0 saturated heterocycles. The molecule has 0 bridgehead atoms. The zero-order valence-corrected chi connectivity index (χ0v) is 22.9. The van der Waals surface area contributed by atoms with E-state index in [1.165, 1.54) is 13.1 Å². The van der Waals surface area contributed by atoms with Crippen LogP contribution in [0, 0.1) is 23.0 Å². The summed E-state index contributed by atoms with van der Waals surface area (Å²) in [6.45, 7) is 2.14. The molecule has 1 heterocycles. The van der Waals surface area contributed by atoms with Crippen molar-refractivity contribution in [3.63, 3.8) is 0 Å². The highest BCUT2D eigenvalue weighted by atomic mass is 19.1. The Balaban J connectivity index is 1.53. The first-order valence-electron chi connectivity index (χ1n) is 13.2. The van der Waals surface area contributed by atoms with Crippen molar-refractivity contribution in [1.29, 1.82) is 5.26 Å². The van der Waals surface area contributed by atoms with Gasteiger partial charge in [-0.3, -0.25) is 9.78 Å². The van der Waals surface area contributed by atoms with Crippen LogP contribution in [-0.4, -0.2) is 24.0 Å². The molecule has 2 N–H and O–H groups in total. The third-order valence-electron chi connectivity index (χ3n) is 6.37. The van der Waals surface area contributed by atoms with Gasteiger partial charge in [-0.2, -0.15) is 5.26 Å². The van der Waals surface area contributed by atoms with Crippen molar-refractivity contribution < 1.29 is 27.4 Å². The zero-order valence-electron chi connectivity index (χ0n) is 22.9. The van der Waals surface area contributed by atoms with Crippen LogP contribution in [0.4, 0.5) is 13.2 Å². The minimum absolute atomic E-state index is 0.0219. The number of hydrogen-bond acceptors (Lipinski definition) is 6. The molecule has 0 spiro atoms. The van der Waals surface area contributed by atoms with E-state index in [0.29, 0.717) is 47.8 Å². The van der Waals surface area contributed by atoms with Gasteiger partial charge in [0.25, 0.3) is 0 Å². The maximum Gasteiger partial charge on any atom is 0.216 e. The van der Waals surface area contributed by atoms with Crippen LogP contribution in [0.5, 0.6) is 11.5 Å². The highest BCUT2D eigenvalue weighted by molar-refractivity contribution is 5.72. The molecular weight excluding hydrogens is 545 g/mol. The number of carbonyl (C=O) groups excluding carboxylic acids is 1. The number of nitrogens with zero attached hydrogens (tertiary/aromatic N) is 2.